The Kier molecular flexibility index (Phi) is 5.84. The summed E-state index contributed by atoms with van der Waals surface area (Å²) in [6.07, 6.45) is 5.31. The zero-order valence-electron chi connectivity index (χ0n) is 14.6. The van der Waals surface area contributed by atoms with Gasteiger partial charge in [-0.3, -0.25) is 9.59 Å². The second kappa shape index (κ2) is 8.09. The van der Waals surface area contributed by atoms with Gasteiger partial charge in [-0.15, -0.1) is 0 Å². The van der Waals surface area contributed by atoms with Crippen molar-refractivity contribution < 1.29 is 14.3 Å². The van der Waals surface area contributed by atoms with E-state index in [4.69, 9.17) is 16.3 Å². The number of amides is 2. The number of anilines is 1. The van der Waals surface area contributed by atoms with E-state index in [0.717, 1.165) is 51.6 Å². The Morgan fingerprint density at radius 3 is 2.40 bits per heavy atom. The van der Waals surface area contributed by atoms with Crippen LogP contribution >= 0.6 is 11.6 Å². The van der Waals surface area contributed by atoms with Gasteiger partial charge in [-0.05, 0) is 56.7 Å². The molecule has 0 bridgehead atoms. The van der Waals surface area contributed by atoms with Crippen LogP contribution in [0.4, 0.5) is 5.69 Å². The van der Waals surface area contributed by atoms with Crippen molar-refractivity contribution in [2.45, 2.75) is 38.5 Å². The highest BCUT2D eigenvalue weighted by atomic mass is 35.5. The van der Waals surface area contributed by atoms with E-state index in [0.29, 0.717) is 16.5 Å². The maximum absolute atomic E-state index is 12.6. The van der Waals surface area contributed by atoms with Gasteiger partial charge in [0.1, 0.15) is 5.75 Å². The van der Waals surface area contributed by atoms with Crippen LogP contribution in [0.3, 0.4) is 0 Å². The van der Waals surface area contributed by atoms with Crippen molar-refractivity contribution in [1.29, 1.82) is 0 Å². The van der Waals surface area contributed by atoms with Gasteiger partial charge in [-0.2, -0.15) is 0 Å². The van der Waals surface area contributed by atoms with Crippen LogP contribution in [-0.2, 0) is 9.59 Å². The molecule has 1 saturated carbocycles. The molecule has 1 aromatic rings. The fourth-order valence-corrected chi connectivity index (χ4v) is 3.98. The van der Waals surface area contributed by atoms with Crippen molar-refractivity contribution in [2.24, 2.45) is 11.8 Å². The number of halogens is 1. The summed E-state index contributed by atoms with van der Waals surface area (Å²) in [5.41, 5.74) is 0.593. The first-order valence-electron chi connectivity index (χ1n) is 9.01. The minimum atomic E-state index is -0.0636. The van der Waals surface area contributed by atoms with E-state index in [1.54, 1.807) is 25.3 Å². The number of carbonyl (C=O) groups excluding carboxylic acids is 2. The number of hydrogen-bond acceptors (Lipinski definition) is 3. The second-order valence-electron chi connectivity index (χ2n) is 6.91. The van der Waals surface area contributed by atoms with Gasteiger partial charge in [-0.1, -0.05) is 11.6 Å². The third kappa shape index (κ3) is 4.27. The first-order valence-corrected chi connectivity index (χ1v) is 9.39. The highest BCUT2D eigenvalue weighted by molar-refractivity contribution is 6.31. The lowest BCUT2D eigenvalue weighted by atomic mass is 9.81. The van der Waals surface area contributed by atoms with E-state index in [-0.39, 0.29) is 23.7 Å². The highest BCUT2D eigenvalue weighted by Gasteiger charge is 2.33. The van der Waals surface area contributed by atoms with Gasteiger partial charge in [0.25, 0.3) is 0 Å². The minimum Gasteiger partial charge on any atom is -0.495 e. The van der Waals surface area contributed by atoms with Crippen LogP contribution < -0.4 is 10.1 Å². The molecule has 2 amide bonds. The summed E-state index contributed by atoms with van der Waals surface area (Å²) in [5, 5.41) is 3.48. The summed E-state index contributed by atoms with van der Waals surface area (Å²) in [7, 11) is 1.56. The molecule has 0 aromatic heterocycles. The molecule has 1 aromatic carbocycles. The first kappa shape index (κ1) is 18.1. The van der Waals surface area contributed by atoms with Gasteiger partial charge in [0, 0.05) is 29.9 Å². The predicted molar refractivity (Wildman–Crippen MR) is 97.9 cm³/mol. The summed E-state index contributed by atoms with van der Waals surface area (Å²) in [6, 6.07) is 5.16. The Morgan fingerprint density at radius 1 is 1.12 bits per heavy atom. The van der Waals surface area contributed by atoms with E-state index < -0.39 is 0 Å². The first-order chi connectivity index (χ1) is 12.1. The molecule has 0 unspecified atom stereocenters. The lowest BCUT2D eigenvalue weighted by Gasteiger charge is -2.30. The SMILES string of the molecule is COc1ccc(Cl)cc1NC(=O)C1CCC(C(=O)N2CCCC2)CC1. The molecule has 1 saturated heterocycles. The minimum absolute atomic E-state index is 0.0207. The van der Waals surface area contributed by atoms with Crippen molar-refractivity contribution in [3.8, 4) is 5.75 Å². The molecule has 0 radical (unpaired) electrons. The van der Waals surface area contributed by atoms with E-state index >= 15 is 0 Å². The van der Waals surface area contributed by atoms with Crippen molar-refractivity contribution in [2.75, 3.05) is 25.5 Å². The lowest BCUT2D eigenvalue weighted by molar-refractivity contribution is -0.136. The van der Waals surface area contributed by atoms with Crippen molar-refractivity contribution in [3.05, 3.63) is 23.2 Å². The molecule has 1 aliphatic heterocycles. The molecule has 2 fully saturated rings. The highest BCUT2D eigenvalue weighted by Crippen LogP contribution is 2.33. The molecule has 1 N–H and O–H groups in total. The number of rotatable bonds is 4. The molecule has 2 aliphatic rings. The van der Waals surface area contributed by atoms with Crippen LogP contribution in [0.25, 0.3) is 0 Å². The number of nitrogens with zero attached hydrogens (tertiary/aromatic N) is 1. The Morgan fingerprint density at radius 2 is 1.76 bits per heavy atom. The van der Waals surface area contributed by atoms with Gasteiger partial charge in [-0.25, -0.2) is 0 Å². The average Bonchev–Trinajstić information content (AvgIpc) is 3.16. The summed E-state index contributed by atoms with van der Waals surface area (Å²) < 4.78 is 5.27. The van der Waals surface area contributed by atoms with Gasteiger partial charge < -0.3 is 15.0 Å². The fraction of sp³-hybridized carbons (Fsp3) is 0.579. The van der Waals surface area contributed by atoms with Crippen LogP contribution in [0.15, 0.2) is 18.2 Å². The predicted octanol–water partition coefficient (Wildman–Crippen LogP) is 3.72. The summed E-state index contributed by atoms with van der Waals surface area (Å²) >= 11 is 6.01. The molecule has 5 nitrogen and oxygen atoms in total. The standard InChI is InChI=1S/C19H25ClN2O3/c1-25-17-9-8-15(20)12-16(17)21-18(23)13-4-6-14(7-5-13)19(24)22-10-2-3-11-22/h8-9,12-14H,2-7,10-11H2,1H3,(H,21,23). The van der Waals surface area contributed by atoms with Crippen LogP contribution in [-0.4, -0.2) is 36.9 Å². The smallest absolute Gasteiger partial charge is 0.227 e. The van der Waals surface area contributed by atoms with Gasteiger partial charge in [0.2, 0.25) is 11.8 Å². The molecule has 3 rings (SSSR count). The number of nitrogens with one attached hydrogen (secondary N) is 1. The van der Waals surface area contributed by atoms with E-state index in [9.17, 15) is 9.59 Å². The van der Waals surface area contributed by atoms with Gasteiger partial charge >= 0.3 is 0 Å². The fourth-order valence-electron chi connectivity index (χ4n) is 3.81. The number of likely N-dealkylation sites (tertiary alicyclic amines) is 1. The lowest BCUT2D eigenvalue weighted by Crippen LogP contribution is -2.37. The Labute approximate surface area is 153 Å². The third-order valence-electron chi connectivity index (χ3n) is 5.28. The number of ether oxygens (including phenoxy) is 1. The maximum atomic E-state index is 12.6. The van der Waals surface area contributed by atoms with Gasteiger partial charge in [0.05, 0.1) is 12.8 Å². The average molecular weight is 365 g/mol. The van der Waals surface area contributed by atoms with Crippen molar-refractivity contribution >= 4 is 29.1 Å². The number of methoxy groups -OCH3 is 1. The molecule has 25 heavy (non-hydrogen) atoms. The van der Waals surface area contributed by atoms with Crippen molar-refractivity contribution in [1.82, 2.24) is 4.90 Å². The topological polar surface area (TPSA) is 58.6 Å². The Bertz CT molecular complexity index is 636. The molecular formula is C19H25ClN2O3. The number of hydrogen-bond donors (Lipinski definition) is 1. The van der Waals surface area contributed by atoms with Crippen LogP contribution in [0.1, 0.15) is 38.5 Å². The third-order valence-corrected chi connectivity index (χ3v) is 5.52. The maximum Gasteiger partial charge on any atom is 0.227 e. The summed E-state index contributed by atoms with van der Waals surface area (Å²) in [4.78, 5) is 27.0. The zero-order valence-corrected chi connectivity index (χ0v) is 15.3. The largest absolute Gasteiger partial charge is 0.495 e. The molecule has 0 spiro atoms. The summed E-state index contributed by atoms with van der Waals surface area (Å²) in [6.45, 7) is 1.79. The molecule has 1 heterocycles. The molecular weight excluding hydrogens is 340 g/mol. The van der Waals surface area contributed by atoms with Gasteiger partial charge in [0.15, 0.2) is 0 Å². The molecule has 136 valence electrons. The van der Waals surface area contributed by atoms with Crippen LogP contribution in [0, 0.1) is 11.8 Å². The number of benzene rings is 1. The Hall–Kier alpha value is -1.75. The Balaban J connectivity index is 1.55. The molecule has 0 atom stereocenters. The van der Waals surface area contributed by atoms with Crippen LogP contribution in [0.5, 0.6) is 5.75 Å². The molecule has 6 heteroatoms. The number of carbonyl (C=O) groups is 2. The summed E-state index contributed by atoms with van der Waals surface area (Å²) in [5.74, 6) is 0.880. The van der Waals surface area contributed by atoms with E-state index in [1.807, 2.05) is 4.90 Å². The quantitative estimate of drug-likeness (QED) is 0.885. The normalized spacial score (nSPS) is 23.4. The van der Waals surface area contributed by atoms with Crippen molar-refractivity contribution in [3.63, 3.8) is 0 Å². The van der Waals surface area contributed by atoms with E-state index in [1.165, 1.54) is 0 Å². The second-order valence-corrected chi connectivity index (χ2v) is 7.35. The molecule has 1 aliphatic carbocycles. The monoisotopic (exact) mass is 364 g/mol. The zero-order chi connectivity index (χ0) is 17.8. The van der Waals surface area contributed by atoms with E-state index in [2.05, 4.69) is 5.32 Å². The van der Waals surface area contributed by atoms with Crippen LogP contribution in [0.2, 0.25) is 5.02 Å².